The SMILES string of the molecule is O=C(O)c1oc2ccccc2c1CN1CCC(CO)C1. The lowest BCUT2D eigenvalue weighted by Crippen LogP contribution is -2.21. The Bertz CT molecular complexity index is 634. The fraction of sp³-hybridized carbons (Fsp3) is 0.400. The number of rotatable bonds is 4. The zero-order valence-electron chi connectivity index (χ0n) is 11.1. The highest BCUT2D eigenvalue weighted by Crippen LogP contribution is 2.29. The Morgan fingerprint density at radius 3 is 2.90 bits per heavy atom. The molecule has 106 valence electrons. The fourth-order valence-corrected chi connectivity index (χ4v) is 2.86. The highest BCUT2D eigenvalue weighted by atomic mass is 16.4. The molecular weight excluding hydrogens is 258 g/mol. The molecule has 2 aromatic rings. The Labute approximate surface area is 116 Å². The van der Waals surface area contributed by atoms with Gasteiger partial charge in [-0.1, -0.05) is 18.2 Å². The van der Waals surface area contributed by atoms with E-state index in [2.05, 4.69) is 4.90 Å². The molecule has 2 N–H and O–H groups in total. The van der Waals surface area contributed by atoms with Gasteiger partial charge in [0.2, 0.25) is 5.76 Å². The third kappa shape index (κ3) is 2.30. The maximum Gasteiger partial charge on any atom is 0.372 e. The number of aromatic carboxylic acids is 1. The Morgan fingerprint density at radius 1 is 1.40 bits per heavy atom. The fourth-order valence-electron chi connectivity index (χ4n) is 2.86. The van der Waals surface area contributed by atoms with Crippen molar-refractivity contribution in [1.29, 1.82) is 0 Å². The second-order valence-corrected chi connectivity index (χ2v) is 5.28. The maximum absolute atomic E-state index is 11.3. The summed E-state index contributed by atoms with van der Waals surface area (Å²) in [7, 11) is 0. The minimum atomic E-state index is -1.03. The van der Waals surface area contributed by atoms with Crippen LogP contribution in [0, 0.1) is 5.92 Å². The molecule has 1 atom stereocenters. The van der Waals surface area contributed by atoms with Crippen LogP contribution >= 0.6 is 0 Å². The molecule has 1 aromatic carbocycles. The van der Waals surface area contributed by atoms with Crippen LogP contribution in [0.3, 0.4) is 0 Å². The molecule has 0 amide bonds. The van der Waals surface area contributed by atoms with Crippen LogP contribution in [0.5, 0.6) is 0 Å². The number of aliphatic hydroxyl groups is 1. The standard InChI is InChI=1S/C15H17NO4/c17-9-10-5-6-16(7-10)8-12-11-3-1-2-4-13(11)20-14(12)15(18)19/h1-4,10,17H,5-9H2,(H,18,19). The molecule has 0 bridgehead atoms. The molecule has 1 unspecified atom stereocenters. The highest BCUT2D eigenvalue weighted by Gasteiger charge is 2.26. The number of furan rings is 1. The van der Waals surface area contributed by atoms with Crippen molar-refractivity contribution < 1.29 is 19.4 Å². The average Bonchev–Trinajstić information content (AvgIpc) is 3.04. The van der Waals surface area contributed by atoms with Crippen molar-refractivity contribution >= 4 is 16.9 Å². The van der Waals surface area contributed by atoms with Crippen molar-refractivity contribution in [3.63, 3.8) is 0 Å². The first-order valence-electron chi connectivity index (χ1n) is 6.76. The first-order chi connectivity index (χ1) is 9.69. The van der Waals surface area contributed by atoms with Crippen molar-refractivity contribution in [2.75, 3.05) is 19.7 Å². The number of fused-ring (bicyclic) bond motifs is 1. The van der Waals surface area contributed by atoms with Crippen molar-refractivity contribution in [3.8, 4) is 0 Å². The van der Waals surface area contributed by atoms with Crippen LogP contribution < -0.4 is 0 Å². The molecule has 0 radical (unpaired) electrons. The second kappa shape index (κ2) is 5.26. The number of nitrogens with zero attached hydrogens (tertiary/aromatic N) is 1. The summed E-state index contributed by atoms with van der Waals surface area (Å²) in [5, 5.41) is 19.3. The number of aliphatic hydroxyl groups excluding tert-OH is 1. The van der Waals surface area contributed by atoms with Gasteiger partial charge < -0.3 is 14.6 Å². The molecule has 0 aliphatic carbocycles. The molecule has 5 nitrogen and oxygen atoms in total. The summed E-state index contributed by atoms with van der Waals surface area (Å²) < 4.78 is 5.45. The minimum absolute atomic E-state index is 0.0265. The molecule has 1 saturated heterocycles. The van der Waals surface area contributed by atoms with Crippen LogP contribution in [0.4, 0.5) is 0 Å². The molecule has 0 saturated carbocycles. The van der Waals surface area contributed by atoms with Gasteiger partial charge in [-0.15, -0.1) is 0 Å². The number of carboxylic acids is 1. The highest BCUT2D eigenvalue weighted by molar-refractivity contribution is 5.95. The van der Waals surface area contributed by atoms with E-state index < -0.39 is 5.97 Å². The predicted octanol–water partition coefficient (Wildman–Crippen LogP) is 1.95. The molecule has 20 heavy (non-hydrogen) atoms. The molecule has 0 spiro atoms. The largest absolute Gasteiger partial charge is 0.475 e. The van der Waals surface area contributed by atoms with Crippen molar-refractivity contribution in [3.05, 3.63) is 35.6 Å². The summed E-state index contributed by atoms with van der Waals surface area (Å²) in [6.07, 6.45) is 0.953. The van der Waals surface area contributed by atoms with E-state index >= 15 is 0 Å². The van der Waals surface area contributed by atoms with Gasteiger partial charge in [0, 0.05) is 30.6 Å². The van der Waals surface area contributed by atoms with E-state index in [0.29, 0.717) is 18.0 Å². The first kappa shape index (κ1) is 13.1. The van der Waals surface area contributed by atoms with E-state index in [4.69, 9.17) is 4.42 Å². The van der Waals surface area contributed by atoms with Gasteiger partial charge >= 0.3 is 5.97 Å². The summed E-state index contributed by atoms with van der Waals surface area (Å²) in [5.74, 6) is -0.714. The smallest absolute Gasteiger partial charge is 0.372 e. The predicted molar refractivity (Wildman–Crippen MR) is 73.6 cm³/mol. The molecular formula is C15H17NO4. The van der Waals surface area contributed by atoms with E-state index in [9.17, 15) is 15.0 Å². The van der Waals surface area contributed by atoms with Crippen LogP contribution in [0.1, 0.15) is 22.5 Å². The van der Waals surface area contributed by atoms with Crippen molar-refractivity contribution in [2.24, 2.45) is 5.92 Å². The van der Waals surface area contributed by atoms with Crippen LogP contribution in [0.2, 0.25) is 0 Å². The quantitative estimate of drug-likeness (QED) is 0.892. The molecule has 1 aliphatic rings. The van der Waals surface area contributed by atoms with Gasteiger partial charge in [-0.05, 0) is 24.9 Å². The zero-order chi connectivity index (χ0) is 14.1. The van der Waals surface area contributed by atoms with Gasteiger partial charge in [-0.3, -0.25) is 4.90 Å². The first-order valence-corrected chi connectivity index (χ1v) is 6.76. The molecule has 1 aliphatic heterocycles. The molecule has 5 heteroatoms. The Kier molecular flexibility index (Phi) is 3.46. The van der Waals surface area contributed by atoms with Gasteiger partial charge in [0.15, 0.2) is 0 Å². The van der Waals surface area contributed by atoms with Gasteiger partial charge in [0.1, 0.15) is 5.58 Å². The van der Waals surface area contributed by atoms with E-state index in [1.165, 1.54) is 0 Å². The molecule has 1 fully saturated rings. The van der Waals surface area contributed by atoms with E-state index in [0.717, 1.165) is 30.5 Å². The van der Waals surface area contributed by atoms with Gasteiger partial charge in [-0.25, -0.2) is 4.79 Å². The lowest BCUT2D eigenvalue weighted by molar-refractivity contribution is 0.0662. The maximum atomic E-state index is 11.3. The lowest BCUT2D eigenvalue weighted by atomic mass is 10.1. The number of para-hydroxylation sites is 1. The van der Waals surface area contributed by atoms with Gasteiger partial charge in [0.25, 0.3) is 0 Å². The number of carbonyl (C=O) groups is 1. The van der Waals surface area contributed by atoms with E-state index in [-0.39, 0.29) is 12.4 Å². The topological polar surface area (TPSA) is 73.9 Å². The molecule has 2 heterocycles. The number of hydrogen-bond donors (Lipinski definition) is 2. The average molecular weight is 275 g/mol. The summed E-state index contributed by atoms with van der Waals surface area (Å²) in [4.78, 5) is 13.5. The van der Waals surface area contributed by atoms with Crippen LogP contribution in [0.25, 0.3) is 11.0 Å². The monoisotopic (exact) mass is 275 g/mol. The van der Waals surface area contributed by atoms with Crippen molar-refractivity contribution in [2.45, 2.75) is 13.0 Å². The lowest BCUT2D eigenvalue weighted by Gasteiger charge is -2.15. The van der Waals surface area contributed by atoms with Crippen LogP contribution in [0.15, 0.2) is 28.7 Å². The summed E-state index contributed by atoms with van der Waals surface area (Å²) in [5.41, 5.74) is 1.34. The molecule has 1 aromatic heterocycles. The van der Waals surface area contributed by atoms with Gasteiger partial charge in [0.05, 0.1) is 0 Å². The summed E-state index contributed by atoms with van der Waals surface area (Å²) in [6.45, 7) is 2.42. The second-order valence-electron chi connectivity index (χ2n) is 5.28. The molecule has 3 rings (SSSR count). The van der Waals surface area contributed by atoms with Crippen LogP contribution in [-0.2, 0) is 6.54 Å². The Morgan fingerprint density at radius 2 is 2.20 bits per heavy atom. The third-order valence-electron chi connectivity index (χ3n) is 3.90. The van der Waals surface area contributed by atoms with Gasteiger partial charge in [-0.2, -0.15) is 0 Å². The summed E-state index contributed by atoms with van der Waals surface area (Å²) >= 11 is 0. The number of hydrogen-bond acceptors (Lipinski definition) is 4. The van der Waals surface area contributed by atoms with Crippen molar-refractivity contribution in [1.82, 2.24) is 4.90 Å². The third-order valence-corrected chi connectivity index (χ3v) is 3.90. The summed E-state index contributed by atoms with van der Waals surface area (Å²) in [6, 6.07) is 7.39. The number of benzene rings is 1. The number of likely N-dealkylation sites (tertiary alicyclic amines) is 1. The van der Waals surface area contributed by atoms with E-state index in [1.54, 1.807) is 6.07 Å². The van der Waals surface area contributed by atoms with Crippen LogP contribution in [-0.4, -0.2) is 40.8 Å². The normalized spacial score (nSPS) is 19.8. The van der Waals surface area contributed by atoms with E-state index in [1.807, 2.05) is 18.2 Å². The minimum Gasteiger partial charge on any atom is -0.475 e. The zero-order valence-corrected chi connectivity index (χ0v) is 11.1. The Balaban J connectivity index is 1.93. The number of carboxylic acid groups (broad SMARTS) is 1. The Hall–Kier alpha value is -1.85.